The number of carbonyl (C=O) groups excluding carboxylic acids is 1. The number of aryl methyl sites for hydroxylation is 1. The first-order valence-corrected chi connectivity index (χ1v) is 7.23. The fourth-order valence-corrected chi connectivity index (χ4v) is 3.69. The third-order valence-electron chi connectivity index (χ3n) is 4.60. The minimum Gasteiger partial charge on any atom is -0.393 e. The van der Waals surface area contributed by atoms with Crippen molar-refractivity contribution in [2.45, 2.75) is 50.8 Å². The van der Waals surface area contributed by atoms with Crippen molar-refractivity contribution in [2.24, 2.45) is 0 Å². The van der Waals surface area contributed by atoms with Gasteiger partial charge >= 0.3 is 0 Å². The van der Waals surface area contributed by atoms with E-state index in [4.69, 9.17) is 0 Å². The molecule has 1 aromatic rings. The van der Waals surface area contributed by atoms with Gasteiger partial charge in [0.15, 0.2) is 0 Å². The Hall–Kier alpha value is -1.95. The third kappa shape index (κ3) is 2.29. The number of aliphatic hydroxyl groups excluding tert-OH is 1. The number of hydrogen-bond acceptors (Lipinski definition) is 4. The quantitative estimate of drug-likeness (QED) is 0.667. The molecule has 2 aliphatic heterocycles. The number of hydrogen-bond donors (Lipinski definition) is 1. The highest BCUT2D eigenvalue weighted by atomic mass is 16.6. The van der Waals surface area contributed by atoms with Crippen molar-refractivity contribution in [3.8, 4) is 0 Å². The summed E-state index contributed by atoms with van der Waals surface area (Å²) in [5.41, 5.74) is 0.682. The van der Waals surface area contributed by atoms with Gasteiger partial charge in [0.25, 0.3) is 11.6 Å². The molecule has 21 heavy (non-hydrogen) atoms. The predicted molar refractivity (Wildman–Crippen MR) is 76.1 cm³/mol. The van der Waals surface area contributed by atoms with Crippen LogP contribution in [0, 0.1) is 17.0 Å². The van der Waals surface area contributed by atoms with Crippen LogP contribution in [0.4, 0.5) is 5.69 Å². The molecule has 1 N–H and O–H groups in total. The zero-order chi connectivity index (χ0) is 15.1. The van der Waals surface area contributed by atoms with Crippen LogP contribution in [0.1, 0.15) is 41.6 Å². The van der Waals surface area contributed by atoms with Crippen LogP contribution in [-0.4, -0.2) is 39.0 Å². The zero-order valence-electron chi connectivity index (χ0n) is 11.9. The zero-order valence-corrected chi connectivity index (χ0v) is 11.9. The number of fused-ring (bicyclic) bond motifs is 2. The summed E-state index contributed by atoms with van der Waals surface area (Å²) in [6.07, 6.45) is 2.52. The van der Waals surface area contributed by atoms with Crippen LogP contribution >= 0.6 is 0 Å². The first kappa shape index (κ1) is 14.0. The largest absolute Gasteiger partial charge is 0.393 e. The predicted octanol–water partition coefficient (Wildman–Crippen LogP) is 2.03. The van der Waals surface area contributed by atoms with Crippen LogP contribution in [0.5, 0.6) is 0 Å². The summed E-state index contributed by atoms with van der Waals surface area (Å²) in [4.78, 5) is 25.3. The van der Waals surface area contributed by atoms with Gasteiger partial charge in [-0.3, -0.25) is 14.9 Å². The summed E-state index contributed by atoms with van der Waals surface area (Å²) in [5, 5.41) is 21.0. The summed E-state index contributed by atoms with van der Waals surface area (Å²) in [7, 11) is 0. The van der Waals surface area contributed by atoms with Gasteiger partial charge in [0.2, 0.25) is 0 Å². The first-order chi connectivity index (χ1) is 9.99. The summed E-state index contributed by atoms with van der Waals surface area (Å²) in [6.45, 7) is 1.72. The van der Waals surface area contributed by atoms with Crippen LogP contribution in [0.3, 0.4) is 0 Å². The second-order valence-electron chi connectivity index (χ2n) is 5.95. The SMILES string of the molecule is Cc1cccc([N+](=O)[O-])c1C(=O)N1C2CCC1CC(O)C2. The van der Waals surface area contributed by atoms with E-state index in [0.29, 0.717) is 18.4 Å². The minimum atomic E-state index is -0.499. The van der Waals surface area contributed by atoms with E-state index in [1.165, 1.54) is 6.07 Å². The Morgan fingerprint density at radius 3 is 2.52 bits per heavy atom. The van der Waals surface area contributed by atoms with E-state index in [9.17, 15) is 20.0 Å². The van der Waals surface area contributed by atoms with Crippen molar-refractivity contribution >= 4 is 11.6 Å². The highest BCUT2D eigenvalue weighted by Crippen LogP contribution is 2.38. The fraction of sp³-hybridized carbons (Fsp3) is 0.533. The first-order valence-electron chi connectivity index (χ1n) is 7.23. The molecule has 2 heterocycles. The normalized spacial score (nSPS) is 27.7. The van der Waals surface area contributed by atoms with Crippen molar-refractivity contribution < 1.29 is 14.8 Å². The van der Waals surface area contributed by atoms with Crippen molar-refractivity contribution in [2.75, 3.05) is 0 Å². The standard InChI is InChI=1S/C15H18N2O4/c1-9-3-2-4-13(17(20)21)14(9)15(19)16-10-5-6-11(16)8-12(18)7-10/h2-4,10-12,18H,5-8H2,1H3. The number of nitrogens with zero attached hydrogens (tertiary/aromatic N) is 2. The molecule has 0 radical (unpaired) electrons. The molecule has 1 amide bonds. The molecule has 112 valence electrons. The summed E-state index contributed by atoms with van der Waals surface area (Å²) in [6, 6.07) is 4.71. The van der Waals surface area contributed by atoms with Gasteiger partial charge in [-0.25, -0.2) is 0 Å². The Bertz CT molecular complexity index is 587. The van der Waals surface area contributed by atoms with E-state index < -0.39 is 4.92 Å². The summed E-state index contributed by atoms with van der Waals surface area (Å²) >= 11 is 0. The molecule has 2 atom stereocenters. The molecule has 6 heteroatoms. The molecule has 0 saturated carbocycles. The average molecular weight is 290 g/mol. The number of amides is 1. The molecular weight excluding hydrogens is 272 g/mol. The molecule has 2 fully saturated rings. The third-order valence-corrected chi connectivity index (χ3v) is 4.60. The molecule has 2 unspecified atom stereocenters. The van der Waals surface area contributed by atoms with E-state index in [0.717, 1.165) is 12.8 Å². The van der Waals surface area contributed by atoms with Crippen molar-refractivity contribution in [3.63, 3.8) is 0 Å². The van der Waals surface area contributed by atoms with Gasteiger partial charge in [0.1, 0.15) is 5.56 Å². The molecule has 0 spiro atoms. The molecule has 0 aromatic heterocycles. The minimum absolute atomic E-state index is 0.00506. The number of nitro benzene ring substituents is 1. The molecule has 1 aromatic carbocycles. The Morgan fingerprint density at radius 2 is 1.95 bits per heavy atom. The molecule has 0 aliphatic carbocycles. The van der Waals surface area contributed by atoms with Gasteiger partial charge in [-0.2, -0.15) is 0 Å². The van der Waals surface area contributed by atoms with E-state index in [-0.39, 0.29) is 35.3 Å². The lowest BCUT2D eigenvalue weighted by Crippen LogP contribution is -2.48. The Kier molecular flexibility index (Phi) is 3.41. The van der Waals surface area contributed by atoms with Gasteiger partial charge in [-0.15, -0.1) is 0 Å². The van der Waals surface area contributed by atoms with Gasteiger partial charge in [-0.1, -0.05) is 12.1 Å². The topological polar surface area (TPSA) is 83.7 Å². The van der Waals surface area contributed by atoms with Crippen LogP contribution in [-0.2, 0) is 0 Å². The monoisotopic (exact) mass is 290 g/mol. The Balaban J connectivity index is 1.99. The smallest absolute Gasteiger partial charge is 0.282 e. The van der Waals surface area contributed by atoms with Crippen molar-refractivity contribution in [3.05, 3.63) is 39.4 Å². The lowest BCUT2D eigenvalue weighted by atomic mass is 9.97. The van der Waals surface area contributed by atoms with Gasteiger partial charge in [0.05, 0.1) is 11.0 Å². The number of benzene rings is 1. The molecule has 6 nitrogen and oxygen atoms in total. The second kappa shape index (κ2) is 5.11. The maximum atomic E-state index is 12.9. The Morgan fingerprint density at radius 1 is 1.33 bits per heavy atom. The van der Waals surface area contributed by atoms with Crippen LogP contribution in [0.15, 0.2) is 18.2 Å². The number of nitro groups is 1. The summed E-state index contributed by atoms with van der Waals surface area (Å²) in [5.74, 6) is -0.265. The molecule has 3 rings (SSSR count). The van der Waals surface area contributed by atoms with Crippen LogP contribution in [0.25, 0.3) is 0 Å². The van der Waals surface area contributed by atoms with E-state index in [2.05, 4.69) is 0 Å². The van der Waals surface area contributed by atoms with Gasteiger partial charge in [-0.05, 0) is 38.2 Å². The van der Waals surface area contributed by atoms with E-state index in [1.807, 2.05) is 0 Å². The van der Waals surface area contributed by atoms with Crippen LogP contribution < -0.4 is 0 Å². The fourth-order valence-electron chi connectivity index (χ4n) is 3.69. The van der Waals surface area contributed by atoms with Crippen molar-refractivity contribution in [1.82, 2.24) is 4.90 Å². The lowest BCUT2D eigenvalue weighted by molar-refractivity contribution is -0.385. The van der Waals surface area contributed by atoms with Crippen molar-refractivity contribution in [1.29, 1.82) is 0 Å². The average Bonchev–Trinajstić information content (AvgIpc) is 2.70. The van der Waals surface area contributed by atoms with Gasteiger partial charge in [0, 0.05) is 18.2 Å². The second-order valence-corrected chi connectivity index (χ2v) is 5.95. The van der Waals surface area contributed by atoms with Gasteiger partial charge < -0.3 is 10.0 Å². The number of carbonyl (C=O) groups is 1. The maximum absolute atomic E-state index is 12.9. The molecule has 2 saturated heterocycles. The van der Waals surface area contributed by atoms with Crippen LogP contribution in [0.2, 0.25) is 0 Å². The lowest BCUT2D eigenvalue weighted by Gasteiger charge is -2.37. The number of piperidine rings is 1. The van der Waals surface area contributed by atoms with E-state index >= 15 is 0 Å². The molecule has 2 aliphatic rings. The molecular formula is C15H18N2O4. The maximum Gasteiger partial charge on any atom is 0.282 e. The van der Waals surface area contributed by atoms with E-state index in [1.54, 1.807) is 24.0 Å². The highest BCUT2D eigenvalue weighted by Gasteiger charge is 2.44. The highest BCUT2D eigenvalue weighted by molar-refractivity contribution is 6.00. The number of aliphatic hydroxyl groups is 1. The Labute approximate surface area is 122 Å². The summed E-state index contributed by atoms with van der Waals surface area (Å²) < 4.78 is 0. The number of rotatable bonds is 2. The molecule has 2 bridgehead atoms.